The molecule has 1 fully saturated rings. The van der Waals surface area contributed by atoms with Crippen LogP contribution in [-0.4, -0.2) is 48.9 Å². The SMILES string of the molecule is CC(C)c1ccc(S(=O)(=O)N2CCN(c3cc(-c4cccc(F)c4)ncn3)CC2)cc1. The first-order valence-electron chi connectivity index (χ1n) is 10.3. The number of hydrogen-bond donors (Lipinski definition) is 0. The van der Waals surface area contributed by atoms with Crippen LogP contribution in [0.25, 0.3) is 11.3 Å². The second kappa shape index (κ2) is 8.72. The second-order valence-electron chi connectivity index (χ2n) is 7.89. The Morgan fingerprint density at radius 1 is 0.935 bits per heavy atom. The van der Waals surface area contributed by atoms with Gasteiger partial charge in [0, 0.05) is 37.8 Å². The molecule has 6 nitrogen and oxygen atoms in total. The van der Waals surface area contributed by atoms with E-state index in [0.717, 1.165) is 5.56 Å². The van der Waals surface area contributed by atoms with Gasteiger partial charge in [0.15, 0.2) is 0 Å². The fourth-order valence-corrected chi connectivity index (χ4v) is 5.08. The van der Waals surface area contributed by atoms with Crippen LogP contribution in [0.5, 0.6) is 0 Å². The van der Waals surface area contributed by atoms with E-state index in [1.165, 1.54) is 22.8 Å². The lowest BCUT2D eigenvalue weighted by Gasteiger charge is -2.34. The summed E-state index contributed by atoms with van der Waals surface area (Å²) in [6.45, 7) is 5.93. The smallest absolute Gasteiger partial charge is 0.243 e. The van der Waals surface area contributed by atoms with Gasteiger partial charge in [0.1, 0.15) is 18.0 Å². The standard InChI is InChI=1S/C23H25FN4O2S/c1-17(2)18-6-8-21(9-7-18)31(29,30)28-12-10-27(11-13-28)23-15-22(25-16-26-23)19-4-3-5-20(24)14-19/h3-9,14-17H,10-13H2,1-2H3. The molecule has 3 aromatic rings. The van der Waals surface area contributed by atoms with E-state index in [2.05, 4.69) is 23.8 Å². The molecule has 4 rings (SSSR count). The maximum Gasteiger partial charge on any atom is 0.243 e. The molecule has 162 valence electrons. The predicted octanol–water partition coefficient (Wildman–Crippen LogP) is 3.92. The molecule has 1 aliphatic rings. The van der Waals surface area contributed by atoms with Gasteiger partial charge in [0.05, 0.1) is 10.6 Å². The topological polar surface area (TPSA) is 66.4 Å². The predicted molar refractivity (Wildman–Crippen MR) is 119 cm³/mol. The average molecular weight is 441 g/mol. The number of aromatic nitrogens is 2. The van der Waals surface area contributed by atoms with E-state index in [1.807, 2.05) is 23.1 Å². The number of nitrogens with zero attached hydrogens (tertiary/aromatic N) is 4. The van der Waals surface area contributed by atoms with Gasteiger partial charge in [-0.2, -0.15) is 4.31 Å². The van der Waals surface area contributed by atoms with Gasteiger partial charge in [-0.3, -0.25) is 0 Å². The summed E-state index contributed by atoms with van der Waals surface area (Å²) in [6, 6.07) is 15.2. The molecule has 0 saturated carbocycles. The van der Waals surface area contributed by atoms with Crippen LogP contribution < -0.4 is 4.90 Å². The summed E-state index contributed by atoms with van der Waals surface area (Å²) in [5.41, 5.74) is 2.42. The highest BCUT2D eigenvalue weighted by Gasteiger charge is 2.29. The number of hydrogen-bond acceptors (Lipinski definition) is 5. The van der Waals surface area contributed by atoms with E-state index in [4.69, 9.17) is 0 Å². The summed E-state index contributed by atoms with van der Waals surface area (Å²) < 4.78 is 41.1. The average Bonchev–Trinajstić information content (AvgIpc) is 2.79. The molecule has 8 heteroatoms. The van der Waals surface area contributed by atoms with Gasteiger partial charge in [0.25, 0.3) is 0 Å². The third-order valence-electron chi connectivity index (χ3n) is 5.52. The van der Waals surface area contributed by atoms with E-state index in [1.54, 1.807) is 24.3 Å². The first-order chi connectivity index (χ1) is 14.8. The van der Waals surface area contributed by atoms with Gasteiger partial charge in [-0.05, 0) is 35.7 Å². The van der Waals surface area contributed by atoms with Crippen molar-refractivity contribution in [3.8, 4) is 11.3 Å². The van der Waals surface area contributed by atoms with Gasteiger partial charge in [-0.1, -0.05) is 38.1 Å². The molecule has 31 heavy (non-hydrogen) atoms. The van der Waals surface area contributed by atoms with Crippen molar-refractivity contribution < 1.29 is 12.8 Å². The molecule has 1 aliphatic heterocycles. The van der Waals surface area contributed by atoms with Crippen LogP contribution in [0.4, 0.5) is 10.2 Å². The number of benzene rings is 2. The first kappa shape index (κ1) is 21.4. The Kier molecular flexibility index (Phi) is 6.02. The molecule has 2 heterocycles. The van der Waals surface area contributed by atoms with Crippen molar-refractivity contribution in [3.05, 3.63) is 72.3 Å². The largest absolute Gasteiger partial charge is 0.354 e. The first-order valence-corrected chi connectivity index (χ1v) is 11.7. The highest BCUT2D eigenvalue weighted by Crippen LogP contribution is 2.25. The van der Waals surface area contributed by atoms with Crippen LogP contribution in [0.15, 0.2) is 65.8 Å². The van der Waals surface area contributed by atoms with Gasteiger partial charge in [0.2, 0.25) is 10.0 Å². The number of halogens is 1. The summed E-state index contributed by atoms with van der Waals surface area (Å²) in [5, 5.41) is 0. The third kappa shape index (κ3) is 4.60. The molecule has 0 unspecified atom stereocenters. The van der Waals surface area contributed by atoms with Gasteiger partial charge >= 0.3 is 0 Å². The van der Waals surface area contributed by atoms with Crippen molar-refractivity contribution in [1.29, 1.82) is 0 Å². The minimum atomic E-state index is -3.53. The Morgan fingerprint density at radius 2 is 1.65 bits per heavy atom. The molecule has 0 radical (unpaired) electrons. The number of piperazine rings is 1. The van der Waals surface area contributed by atoms with Crippen LogP contribution >= 0.6 is 0 Å². The normalized spacial score (nSPS) is 15.4. The van der Waals surface area contributed by atoms with Crippen molar-refractivity contribution in [2.24, 2.45) is 0 Å². The fourth-order valence-electron chi connectivity index (χ4n) is 3.66. The monoisotopic (exact) mass is 440 g/mol. The molecule has 0 spiro atoms. The maximum absolute atomic E-state index is 13.5. The summed E-state index contributed by atoms with van der Waals surface area (Å²) in [6.07, 6.45) is 1.45. The maximum atomic E-state index is 13.5. The summed E-state index contributed by atoms with van der Waals surface area (Å²) in [5.74, 6) is 0.732. The lowest BCUT2D eigenvalue weighted by molar-refractivity contribution is 0.384. The Labute approximate surface area is 182 Å². The van der Waals surface area contributed by atoms with Crippen molar-refractivity contribution >= 4 is 15.8 Å². The quantitative estimate of drug-likeness (QED) is 0.602. The van der Waals surface area contributed by atoms with Gasteiger partial charge in [-0.15, -0.1) is 0 Å². The van der Waals surface area contributed by atoms with Gasteiger partial charge in [-0.25, -0.2) is 22.8 Å². The second-order valence-corrected chi connectivity index (χ2v) is 9.82. The Bertz CT molecular complexity index is 1160. The highest BCUT2D eigenvalue weighted by molar-refractivity contribution is 7.89. The molecule has 0 atom stereocenters. The van der Waals surface area contributed by atoms with E-state index < -0.39 is 10.0 Å². The Hall–Kier alpha value is -2.84. The molecule has 0 bridgehead atoms. The molecule has 1 saturated heterocycles. The summed E-state index contributed by atoms with van der Waals surface area (Å²) in [7, 11) is -3.53. The van der Waals surface area contributed by atoms with E-state index in [-0.39, 0.29) is 5.82 Å². The number of sulfonamides is 1. The zero-order chi connectivity index (χ0) is 22.0. The van der Waals surface area contributed by atoms with E-state index in [0.29, 0.717) is 54.1 Å². The minimum Gasteiger partial charge on any atom is -0.354 e. The van der Waals surface area contributed by atoms with Gasteiger partial charge < -0.3 is 4.90 Å². The van der Waals surface area contributed by atoms with Crippen LogP contribution in [-0.2, 0) is 10.0 Å². The van der Waals surface area contributed by atoms with Crippen LogP contribution in [0, 0.1) is 5.82 Å². The summed E-state index contributed by atoms with van der Waals surface area (Å²) >= 11 is 0. The molecule has 0 aliphatic carbocycles. The van der Waals surface area contributed by atoms with E-state index >= 15 is 0 Å². The van der Waals surface area contributed by atoms with Crippen molar-refractivity contribution in [1.82, 2.24) is 14.3 Å². The Balaban J connectivity index is 1.47. The number of rotatable bonds is 5. The lowest BCUT2D eigenvalue weighted by atomic mass is 10.0. The number of anilines is 1. The van der Waals surface area contributed by atoms with Crippen molar-refractivity contribution in [2.75, 3.05) is 31.1 Å². The molecule has 1 aromatic heterocycles. The van der Waals surface area contributed by atoms with Crippen molar-refractivity contribution in [2.45, 2.75) is 24.7 Å². The third-order valence-corrected chi connectivity index (χ3v) is 7.43. The lowest BCUT2D eigenvalue weighted by Crippen LogP contribution is -2.48. The molecular weight excluding hydrogens is 415 g/mol. The molecule has 2 aromatic carbocycles. The summed E-state index contributed by atoms with van der Waals surface area (Å²) in [4.78, 5) is 10.9. The van der Waals surface area contributed by atoms with Crippen molar-refractivity contribution in [3.63, 3.8) is 0 Å². The van der Waals surface area contributed by atoms with Crippen LogP contribution in [0.1, 0.15) is 25.3 Å². The Morgan fingerprint density at radius 3 is 2.29 bits per heavy atom. The minimum absolute atomic E-state index is 0.320. The molecular formula is C23H25FN4O2S. The highest BCUT2D eigenvalue weighted by atomic mass is 32.2. The fraction of sp³-hybridized carbons (Fsp3) is 0.304. The molecule has 0 N–H and O–H groups in total. The zero-order valence-corrected chi connectivity index (χ0v) is 18.4. The van der Waals surface area contributed by atoms with E-state index in [9.17, 15) is 12.8 Å². The zero-order valence-electron chi connectivity index (χ0n) is 17.6. The van der Waals surface area contributed by atoms with Crippen LogP contribution in [0.3, 0.4) is 0 Å². The molecule has 0 amide bonds. The van der Waals surface area contributed by atoms with Crippen LogP contribution in [0.2, 0.25) is 0 Å².